The van der Waals surface area contributed by atoms with Crippen LogP contribution in [0.15, 0.2) is 64.1 Å². The van der Waals surface area contributed by atoms with Gasteiger partial charge in [0.1, 0.15) is 5.84 Å². The van der Waals surface area contributed by atoms with Gasteiger partial charge in [0, 0.05) is 21.1 Å². The number of rotatable bonds is 1. The molecule has 1 aliphatic rings. The van der Waals surface area contributed by atoms with E-state index in [1.807, 2.05) is 30.3 Å². The third-order valence-electron chi connectivity index (χ3n) is 3.56. The number of nitrogens with one attached hydrogen (secondary N) is 1. The van der Waals surface area contributed by atoms with Crippen LogP contribution in [0.1, 0.15) is 5.56 Å². The van der Waals surface area contributed by atoms with Crippen molar-refractivity contribution in [3.05, 3.63) is 69.7 Å². The van der Waals surface area contributed by atoms with Gasteiger partial charge in [-0.2, -0.15) is 0 Å². The van der Waals surface area contributed by atoms with E-state index in [-0.39, 0.29) is 0 Å². The number of hydrogen-bond acceptors (Lipinski definition) is 2. The third-order valence-corrected chi connectivity index (χ3v) is 4.78. The van der Waals surface area contributed by atoms with Gasteiger partial charge in [0.25, 0.3) is 0 Å². The molecule has 3 aromatic rings. The van der Waals surface area contributed by atoms with Crippen molar-refractivity contribution < 1.29 is 0 Å². The average Bonchev–Trinajstić information content (AvgIpc) is 2.50. The summed E-state index contributed by atoms with van der Waals surface area (Å²) in [6.45, 7) is 0. The highest BCUT2D eigenvalue weighted by atomic mass is 79.9. The quantitative estimate of drug-likeness (QED) is 0.588. The maximum Gasteiger partial charge on any atom is 0.138 e. The Hall–Kier alpha value is -1.84. The first kappa shape index (κ1) is 12.9. The van der Waals surface area contributed by atoms with E-state index in [0.717, 1.165) is 32.6 Å². The summed E-state index contributed by atoms with van der Waals surface area (Å²) in [6, 6.07) is 18.2. The zero-order chi connectivity index (χ0) is 14.4. The van der Waals surface area contributed by atoms with Crippen LogP contribution < -0.4 is 5.32 Å². The smallest absolute Gasteiger partial charge is 0.138 e. The molecule has 0 aromatic heterocycles. The van der Waals surface area contributed by atoms with Gasteiger partial charge in [0.2, 0.25) is 0 Å². The standard InChI is InChI=1S/C17H10BrClN2/c18-12-9-11(7-8-13(12)19)17-20-14-5-1-3-10-4-2-6-15(21-17)16(10)14/h1-9H,(H,20,21). The van der Waals surface area contributed by atoms with Crippen LogP contribution >= 0.6 is 27.5 Å². The number of hydrogen-bond donors (Lipinski definition) is 1. The Bertz CT molecular complexity index is 897. The fourth-order valence-corrected chi connectivity index (χ4v) is 3.07. The molecule has 0 radical (unpaired) electrons. The molecule has 0 fully saturated rings. The second-order valence-electron chi connectivity index (χ2n) is 4.90. The summed E-state index contributed by atoms with van der Waals surface area (Å²) in [7, 11) is 0. The van der Waals surface area contributed by atoms with Crippen LogP contribution in [0.4, 0.5) is 11.4 Å². The fourth-order valence-electron chi connectivity index (χ4n) is 2.57. The summed E-state index contributed by atoms with van der Waals surface area (Å²) in [6.07, 6.45) is 0. The second-order valence-corrected chi connectivity index (χ2v) is 6.16. The summed E-state index contributed by atoms with van der Waals surface area (Å²) >= 11 is 9.52. The summed E-state index contributed by atoms with van der Waals surface area (Å²) in [4.78, 5) is 4.75. The highest BCUT2D eigenvalue weighted by molar-refractivity contribution is 9.10. The SMILES string of the molecule is Clc1ccc(C2=Nc3cccc4cccc(c34)N2)cc1Br. The van der Waals surface area contributed by atoms with E-state index in [1.165, 1.54) is 5.39 Å². The fraction of sp³-hybridized carbons (Fsp3) is 0. The van der Waals surface area contributed by atoms with E-state index in [9.17, 15) is 0 Å². The van der Waals surface area contributed by atoms with E-state index >= 15 is 0 Å². The van der Waals surface area contributed by atoms with Crippen LogP contribution in [0.3, 0.4) is 0 Å². The lowest BCUT2D eigenvalue weighted by molar-refractivity contribution is 1.46. The second kappa shape index (κ2) is 4.86. The Labute approximate surface area is 135 Å². The van der Waals surface area contributed by atoms with Crippen molar-refractivity contribution in [3.63, 3.8) is 0 Å². The molecule has 21 heavy (non-hydrogen) atoms. The van der Waals surface area contributed by atoms with E-state index < -0.39 is 0 Å². The molecule has 0 saturated heterocycles. The van der Waals surface area contributed by atoms with Gasteiger partial charge in [-0.15, -0.1) is 0 Å². The molecule has 1 N–H and O–H groups in total. The van der Waals surface area contributed by atoms with Gasteiger partial charge in [-0.3, -0.25) is 0 Å². The van der Waals surface area contributed by atoms with Crippen molar-refractivity contribution in [2.24, 2.45) is 4.99 Å². The molecule has 0 bridgehead atoms. The first-order chi connectivity index (χ1) is 10.2. The molecular weight excluding hydrogens is 348 g/mol. The molecule has 0 atom stereocenters. The van der Waals surface area contributed by atoms with Gasteiger partial charge in [-0.25, -0.2) is 4.99 Å². The maximum absolute atomic E-state index is 6.06. The molecule has 102 valence electrons. The van der Waals surface area contributed by atoms with Gasteiger partial charge in [0.15, 0.2) is 0 Å². The van der Waals surface area contributed by atoms with Crippen molar-refractivity contribution in [1.82, 2.24) is 0 Å². The molecule has 0 saturated carbocycles. The first-order valence-corrected chi connectivity index (χ1v) is 7.72. The number of amidine groups is 1. The number of halogens is 2. The Morgan fingerprint density at radius 3 is 2.62 bits per heavy atom. The number of benzene rings is 3. The molecule has 0 unspecified atom stereocenters. The lowest BCUT2D eigenvalue weighted by atomic mass is 10.0. The van der Waals surface area contributed by atoms with Gasteiger partial charge >= 0.3 is 0 Å². The lowest BCUT2D eigenvalue weighted by Gasteiger charge is -2.19. The van der Waals surface area contributed by atoms with Crippen molar-refractivity contribution in [3.8, 4) is 0 Å². The molecule has 4 heteroatoms. The number of nitrogens with zero attached hydrogens (tertiary/aromatic N) is 1. The molecule has 3 aromatic carbocycles. The largest absolute Gasteiger partial charge is 0.339 e. The van der Waals surface area contributed by atoms with Gasteiger partial charge in [0.05, 0.1) is 10.7 Å². The van der Waals surface area contributed by atoms with E-state index in [4.69, 9.17) is 16.6 Å². The topological polar surface area (TPSA) is 24.4 Å². The Morgan fingerprint density at radius 1 is 1.00 bits per heavy atom. The molecule has 0 spiro atoms. The molecule has 0 amide bonds. The zero-order valence-corrected chi connectivity index (χ0v) is 13.2. The van der Waals surface area contributed by atoms with Crippen LogP contribution in [0.2, 0.25) is 5.02 Å². The highest BCUT2D eigenvalue weighted by Crippen LogP contribution is 2.36. The highest BCUT2D eigenvalue weighted by Gasteiger charge is 2.15. The van der Waals surface area contributed by atoms with Crippen molar-refractivity contribution >= 4 is 55.5 Å². The third kappa shape index (κ3) is 2.13. The molecule has 1 aliphatic heterocycles. The Balaban J connectivity index is 1.91. The van der Waals surface area contributed by atoms with E-state index in [2.05, 4.69) is 45.5 Å². The Morgan fingerprint density at radius 2 is 1.81 bits per heavy atom. The molecule has 0 aliphatic carbocycles. The van der Waals surface area contributed by atoms with Crippen LogP contribution in [0.5, 0.6) is 0 Å². The minimum absolute atomic E-state index is 0.692. The van der Waals surface area contributed by atoms with Crippen LogP contribution in [0.25, 0.3) is 10.8 Å². The number of anilines is 1. The average molecular weight is 358 g/mol. The minimum Gasteiger partial charge on any atom is -0.339 e. The van der Waals surface area contributed by atoms with Gasteiger partial charge in [-0.1, -0.05) is 35.9 Å². The molecule has 1 heterocycles. The van der Waals surface area contributed by atoms with Gasteiger partial charge in [-0.05, 0) is 51.6 Å². The normalized spacial score (nSPS) is 13.0. The lowest BCUT2D eigenvalue weighted by Crippen LogP contribution is -2.16. The van der Waals surface area contributed by atoms with Gasteiger partial charge < -0.3 is 5.32 Å². The zero-order valence-electron chi connectivity index (χ0n) is 10.9. The monoisotopic (exact) mass is 356 g/mol. The van der Waals surface area contributed by atoms with Crippen LogP contribution in [-0.2, 0) is 0 Å². The Kier molecular flexibility index (Phi) is 2.98. The summed E-state index contributed by atoms with van der Waals surface area (Å²) < 4.78 is 0.864. The molecule has 4 rings (SSSR count). The predicted molar refractivity (Wildman–Crippen MR) is 92.9 cm³/mol. The van der Waals surface area contributed by atoms with Crippen molar-refractivity contribution in [2.45, 2.75) is 0 Å². The first-order valence-electron chi connectivity index (χ1n) is 6.55. The van der Waals surface area contributed by atoms with Crippen molar-refractivity contribution in [1.29, 1.82) is 0 Å². The minimum atomic E-state index is 0.692. The number of aliphatic imine (C=N–C) groups is 1. The van der Waals surface area contributed by atoms with E-state index in [0.29, 0.717) is 5.02 Å². The molecule has 2 nitrogen and oxygen atoms in total. The van der Waals surface area contributed by atoms with E-state index in [1.54, 1.807) is 0 Å². The van der Waals surface area contributed by atoms with Crippen LogP contribution in [0, 0.1) is 0 Å². The summed E-state index contributed by atoms with van der Waals surface area (Å²) in [5, 5.41) is 6.46. The maximum atomic E-state index is 6.06. The van der Waals surface area contributed by atoms with Crippen molar-refractivity contribution in [2.75, 3.05) is 5.32 Å². The van der Waals surface area contributed by atoms with Crippen LogP contribution in [-0.4, -0.2) is 5.84 Å². The molecular formula is C17H10BrClN2. The predicted octanol–water partition coefficient (Wildman–Crippen LogP) is 5.76. The summed E-state index contributed by atoms with van der Waals surface area (Å²) in [5.41, 5.74) is 3.07. The summed E-state index contributed by atoms with van der Waals surface area (Å²) in [5.74, 6) is 0.832.